The topological polar surface area (TPSA) is 82.2 Å². The third-order valence-corrected chi connectivity index (χ3v) is 2.59. The second kappa shape index (κ2) is 5.90. The lowest BCUT2D eigenvalue weighted by atomic mass is 10.3. The minimum absolute atomic E-state index is 0.166. The summed E-state index contributed by atoms with van der Waals surface area (Å²) >= 11 is 0. The van der Waals surface area contributed by atoms with Crippen LogP contribution < -0.4 is 15.8 Å². The SMILES string of the molecule is Cn1cncc1C(=O)NCCOc1ccc(N)cc1. The molecule has 0 aliphatic heterocycles. The molecule has 0 saturated heterocycles. The Hall–Kier alpha value is -2.50. The monoisotopic (exact) mass is 260 g/mol. The number of aryl methyl sites for hydroxylation is 1. The van der Waals surface area contributed by atoms with E-state index in [1.165, 1.54) is 6.20 Å². The standard InChI is InChI=1S/C13H16N4O2/c1-17-9-15-8-12(17)13(18)16-6-7-19-11-4-2-10(14)3-5-11/h2-5,8-9H,6-7,14H2,1H3,(H,16,18). The Labute approximate surface area is 111 Å². The molecular formula is C13H16N4O2. The van der Waals surface area contributed by atoms with Gasteiger partial charge in [0.05, 0.1) is 19.1 Å². The molecule has 1 heterocycles. The number of carbonyl (C=O) groups excluding carboxylic acids is 1. The molecule has 0 radical (unpaired) electrons. The highest BCUT2D eigenvalue weighted by Gasteiger charge is 2.08. The molecule has 0 fully saturated rings. The molecule has 2 rings (SSSR count). The Morgan fingerprint density at radius 3 is 2.79 bits per heavy atom. The van der Waals surface area contributed by atoms with Gasteiger partial charge in [-0.3, -0.25) is 4.79 Å². The maximum Gasteiger partial charge on any atom is 0.269 e. The van der Waals surface area contributed by atoms with Crippen LogP contribution in [0.1, 0.15) is 10.5 Å². The van der Waals surface area contributed by atoms with Gasteiger partial charge in [-0.2, -0.15) is 0 Å². The van der Waals surface area contributed by atoms with Crippen LogP contribution in [0.5, 0.6) is 5.75 Å². The number of aromatic nitrogens is 2. The number of nitrogens with one attached hydrogen (secondary N) is 1. The van der Waals surface area contributed by atoms with Crippen molar-refractivity contribution in [3.05, 3.63) is 42.5 Å². The van der Waals surface area contributed by atoms with E-state index in [4.69, 9.17) is 10.5 Å². The number of amides is 1. The normalized spacial score (nSPS) is 10.2. The van der Waals surface area contributed by atoms with Gasteiger partial charge in [-0.25, -0.2) is 4.98 Å². The summed E-state index contributed by atoms with van der Waals surface area (Å²) in [6.07, 6.45) is 3.11. The van der Waals surface area contributed by atoms with Crippen molar-refractivity contribution in [2.24, 2.45) is 7.05 Å². The van der Waals surface area contributed by atoms with Gasteiger partial charge in [0.1, 0.15) is 18.1 Å². The maximum absolute atomic E-state index is 11.7. The van der Waals surface area contributed by atoms with Gasteiger partial charge in [0.2, 0.25) is 0 Å². The molecule has 6 heteroatoms. The van der Waals surface area contributed by atoms with Gasteiger partial charge in [-0.1, -0.05) is 0 Å². The summed E-state index contributed by atoms with van der Waals surface area (Å²) in [5.74, 6) is 0.560. The van der Waals surface area contributed by atoms with Crippen LogP contribution >= 0.6 is 0 Å². The van der Waals surface area contributed by atoms with Gasteiger partial charge in [0.25, 0.3) is 5.91 Å². The smallest absolute Gasteiger partial charge is 0.269 e. The van der Waals surface area contributed by atoms with Crippen LogP contribution in [-0.4, -0.2) is 28.6 Å². The summed E-state index contributed by atoms with van der Waals surface area (Å²) in [6.45, 7) is 0.821. The fraction of sp³-hybridized carbons (Fsp3) is 0.231. The molecular weight excluding hydrogens is 244 g/mol. The largest absolute Gasteiger partial charge is 0.492 e. The number of rotatable bonds is 5. The Morgan fingerprint density at radius 1 is 1.42 bits per heavy atom. The zero-order valence-electron chi connectivity index (χ0n) is 10.7. The summed E-state index contributed by atoms with van der Waals surface area (Å²) in [6, 6.07) is 7.11. The molecule has 6 nitrogen and oxygen atoms in total. The molecule has 100 valence electrons. The van der Waals surface area contributed by atoms with Crippen molar-refractivity contribution in [1.29, 1.82) is 0 Å². The third kappa shape index (κ3) is 3.48. The van der Waals surface area contributed by atoms with Crippen molar-refractivity contribution in [2.75, 3.05) is 18.9 Å². The summed E-state index contributed by atoms with van der Waals surface area (Å²) in [5, 5.41) is 2.76. The van der Waals surface area contributed by atoms with E-state index in [2.05, 4.69) is 10.3 Å². The van der Waals surface area contributed by atoms with Crippen molar-refractivity contribution in [2.45, 2.75) is 0 Å². The van der Waals surface area contributed by atoms with E-state index < -0.39 is 0 Å². The average Bonchev–Trinajstić information content (AvgIpc) is 2.83. The van der Waals surface area contributed by atoms with Gasteiger partial charge < -0.3 is 20.4 Å². The van der Waals surface area contributed by atoms with Crippen molar-refractivity contribution >= 4 is 11.6 Å². The first kappa shape index (κ1) is 12.9. The summed E-state index contributed by atoms with van der Waals surface area (Å²) in [7, 11) is 1.77. The molecule has 1 aromatic heterocycles. The first-order valence-corrected chi connectivity index (χ1v) is 5.89. The summed E-state index contributed by atoms with van der Waals surface area (Å²) in [4.78, 5) is 15.6. The molecule has 0 spiro atoms. The fourth-order valence-corrected chi connectivity index (χ4v) is 1.56. The molecule has 1 aromatic carbocycles. The van der Waals surface area contributed by atoms with E-state index in [1.54, 1.807) is 42.2 Å². The van der Waals surface area contributed by atoms with Gasteiger partial charge in [-0.05, 0) is 24.3 Å². The number of anilines is 1. The van der Waals surface area contributed by atoms with Crippen LogP contribution in [0.4, 0.5) is 5.69 Å². The molecule has 0 saturated carbocycles. The Balaban J connectivity index is 1.74. The molecule has 2 aromatic rings. The predicted molar refractivity (Wildman–Crippen MR) is 71.9 cm³/mol. The highest BCUT2D eigenvalue weighted by molar-refractivity contribution is 5.92. The quantitative estimate of drug-likeness (QED) is 0.615. The molecule has 0 aliphatic carbocycles. The number of nitrogens with zero attached hydrogens (tertiary/aromatic N) is 2. The lowest BCUT2D eigenvalue weighted by Crippen LogP contribution is -2.29. The molecule has 0 aliphatic rings. The number of benzene rings is 1. The van der Waals surface area contributed by atoms with E-state index in [0.29, 0.717) is 24.5 Å². The van der Waals surface area contributed by atoms with Crippen LogP contribution in [0.15, 0.2) is 36.8 Å². The molecule has 3 N–H and O–H groups in total. The van der Waals surface area contributed by atoms with Crippen LogP contribution in [0.2, 0.25) is 0 Å². The number of hydrogen-bond acceptors (Lipinski definition) is 4. The number of carbonyl (C=O) groups is 1. The second-order valence-corrected chi connectivity index (χ2v) is 4.06. The molecule has 0 unspecified atom stereocenters. The van der Waals surface area contributed by atoms with Crippen molar-refractivity contribution < 1.29 is 9.53 Å². The Kier molecular flexibility index (Phi) is 4.02. The van der Waals surface area contributed by atoms with Crippen LogP contribution in [0.3, 0.4) is 0 Å². The first-order valence-electron chi connectivity index (χ1n) is 5.89. The van der Waals surface area contributed by atoms with E-state index in [9.17, 15) is 4.79 Å². The molecule has 1 amide bonds. The lowest BCUT2D eigenvalue weighted by molar-refractivity contribution is 0.0939. The first-order chi connectivity index (χ1) is 9.16. The molecule has 0 bridgehead atoms. The highest BCUT2D eigenvalue weighted by atomic mass is 16.5. The Morgan fingerprint density at radius 2 is 2.16 bits per heavy atom. The molecule has 0 atom stereocenters. The predicted octanol–water partition coefficient (Wildman–Crippen LogP) is 0.811. The van der Waals surface area contributed by atoms with Crippen LogP contribution in [0, 0.1) is 0 Å². The summed E-state index contributed by atoms with van der Waals surface area (Å²) < 4.78 is 7.13. The lowest BCUT2D eigenvalue weighted by Gasteiger charge is -2.08. The fourth-order valence-electron chi connectivity index (χ4n) is 1.56. The zero-order chi connectivity index (χ0) is 13.7. The second-order valence-electron chi connectivity index (χ2n) is 4.06. The van der Waals surface area contributed by atoms with Crippen molar-refractivity contribution in [3.8, 4) is 5.75 Å². The van der Waals surface area contributed by atoms with E-state index in [1.807, 2.05) is 0 Å². The summed E-state index contributed by atoms with van der Waals surface area (Å²) in [5.41, 5.74) is 6.78. The van der Waals surface area contributed by atoms with Crippen LogP contribution in [0.25, 0.3) is 0 Å². The number of imidazole rings is 1. The van der Waals surface area contributed by atoms with Gasteiger partial charge in [-0.15, -0.1) is 0 Å². The third-order valence-electron chi connectivity index (χ3n) is 2.59. The minimum Gasteiger partial charge on any atom is -0.492 e. The highest BCUT2D eigenvalue weighted by Crippen LogP contribution is 2.12. The average molecular weight is 260 g/mol. The number of nitrogen functional groups attached to an aromatic ring is 1. The van der Waals surface area contributed by atoms with Gasteiger partial charge in [0.15, 0.2) is 0 Å². The zero-order valence-corrected chi connectivity index (χ0v) is 10.7. The van der Waals surface area contributed by atoms with E-state index >= 15 is 0 Å². The Bertz CT molecular complexity index is 548. The van der Waals surface area contributed by atoms with Gasteiger partial charge in [0, 0.05) is 12.7 Å². The van der Waals surface area contributed by atoms with E-state index in [-0.39, 0.29) is 5.91 Å². The molecule has 19 heavy (non-hydrogen) atoms. The van der Waals surface area contributed by atoms with Gasteiger partial charge >= 0.3 is 0 Å². The van der Waals surface area contributed by atoms with Crippen molar-refractivity contribution in [1.82, 2.24) is 14.9 Å². The number of ether oxygens (including phenoxy) is 1. The van der Waals surface area contributed by atoms with E-state index in [0.717, 1.165) is 5.75 Å². The number of hydrogen-bond donors (Lipinski definition) is 2. The minimum atomic E-state index is -0.166. The van der Waals surface area contributed by atoms with Crippen LogP contribution in [-0.2, 0) is 7.05 Å². The number of nitrogens with two attached hydrogens (primary N) is 1. The maximum atomic E-state index is 11.7. The van der Waals surface area contributed by atoms with Crippen molar-refractivity contribution in [3.63, 3.8) is 0 Å².